The third kappa shape index (κ3) is 9.84. The van der Waals surface area contributed by atoms with Crippen LogP contribution < -0.4 is 0 Å². The van der Waals surface area contributed by atoms with Gasteiger partial charge in [0.1, 0.15) is 24.9 Å². The van der Waals surface area contributed by atoms with Crippen molar-refractivity contribution in [2.45, 2.75) is 128 Å². The molecule has 34 heavy (non-hydrogen) atoms. The van der Waals surface area contributed by atoms with Gasteiger partial charge in [-0.1, -0.05) is 84.0 Å². The van der Waals surface area contributed by atoms with Crippen molar-refractivity contribution in [3.8, 4) is 0 Å². The monoisotopic (exact) mass is 481 g/mol. The van der Waals surface area contributed by atoms with Crippen LogP contribution in [0.5, 0.6) is 0 Å². The van der Waals surface area contributed by atoms with Crippen molar-refractivity contribution < 1.29 is 34.1 Å². The molecule has 0 unspecified atom stereocenters. The van der Waals surface area contributed by atoms with Gasteiger partial charge in [0.25, 0.3) is 0 Å². The molecule has 2 aliphatic rings. The Morgan fingerprint density at radius 1 is 0.941 bits per heavy atom. The van der Waals surface area contributed by atoms with Gasteiger partial charge in [0.15, 0.2) is 12.0 Å². The van der Waals surface area contributed by atoms with Crippen LogP contribution in [-0.2, 0) is 23.9 Å². The predicted molar refractivity (Wildman–Crippen MR) is 128 cm³/mol. The van der Waals surface area contributed by atoms with Crippen molar-refractivity contribution in [1.29, 1.82) is 0 Å². The van der Waals surface area contributed by atoms with E-state index in [9.17, 15) is 24.6 Å². The highest BCUT2D eigenvalue weighted by molar-refractivity contribution is 6.06. The molecular formula is C26H43NO7. The van der Waals surface area contributed by atoms with Crippen molar-refractivity contribution in [2.75, 3.05) is 6.61 Å². The van der Waals surface area contributed by atoms with Crippen molar-refractivity contribution in [1.82, 2.24) is 4.90 Å². The first-order valence-electron chi connectivity index (χ1n) is 13.1. The van der Waals surface area contributed by atoms with Crippen molar-refractivity contribution >= 4 is 17.7 Å². The highest BCUT2D eigenvalue weighted by Gasteiger charge is 2.47. The molecule has 1 amide bonds. The molecule has 0 bridgehead atoms. The van der Waals surface area contributed by atoms with E-state index < -0.39 is 30.4 Å². The summed E-state index contributed by atoms with van der Waals surface area (Å²) >= 11 is 0. The van der Waals surface area contributed by atoms with E-state index in [-0.39, 0.29) is 24.8 Å². The second-order valence-corrected chi connectivity index (χ2v) is 9.48. The van der Waals surface area contributed by atoms with Crippen LogP contribution in [0.15, 0.2) is 12.3 Å². The number of nitrogens with zero attached hydrogens (tertiary/aromatic N) is 1. The van der Waals surface area contributed by atoms with Crippen LogP contribution in [0.3, 0.4) is 0 Å². The van der Waals surface area contributed by atoms with E-state index in [0.717, 1.165) is 24.2 Å². The van der Waals surface area contributed by atoms with E-state index in [1.807, 2.05) is 0 Å². The standard InChI is InChI=1S/C26H43NO7/c1-2-3-4-5-6-7-8-9-10-11-12-13-14-15-23(30)33-19-21-24(31)25(32)26(34-21)27-17-16-20(28)18-22(27)29/h16-17,21,24-26,31-32H,2-15,18-19H2,1H3/t21-,24-,25+,26-/m1/s1. The zero-order chi connectivity index (χ0) is 24.8. The third-order valence-electron chi connectivity index (χ3n) is 6.54. The van der Waals surface area contributed by atoms with Gasteiger partial charge in [-0.25, -0.2) is 0 Å². The van der Waals surface area contributed by atoms with Gasteiger partial charge in [-0.3, -0.25) is 19.3 Å². The Bertz CT molecular complexity index is 666. The molecule has 194 valence electrons. The number of ether oxygens (including phenoxy) is 2. The molecule has 0 aliphatic carbocycles. The average molecular weight is 482 g/mol. The molecule has 0 aromatic carbocycles. The maximum atomic E-state index is 12.0. The van der Waals surface area contributed by atoms with E-state index in [4.69, 9.17) is 9.47 Å². The highest BCUT2D eigenvalue weighted by Crippen LogP contribution is 2.26. The molecule has 2 rings (SSSR count). The first kappa shape index (κ1) is 28.5. The lowest BCUT2D eigenvalue weighted by atomic mass is 10.0. The molecule has 2 heterocycles. The van der Waals surface area contributed by atoms with Crippen LogP contribution in [0, 0.1) is 0 Å². The summed E-state index contributed by atoms with van der Waals surface area (Å²) in [4.78, 5) is 36.5. The van der Waals surface area contributed by atoms with Gasteiger partial charge in [-0.05, 0) is 12.5 Å². The number of carbonyl (C=O) groups excluding carboxylic acids is 3. The van der Waals surface area contributed by atoms with Crippen molar-refractivity contribution in [2.24, 2.45) is 0 Å². The molecule has 0 saturated carbocycles. The van der Waals surface area contributed by atoms with Gasteiger partial charge in [-0.2, -0.15) is 0 Å². The van der Waals surface area contributed by atoms with Crippen LogP contribution in [-0.4, -0.2) is 63.9 Å². The number of hydrogen-bond acceptors (Lipinski definition) is 7. The number of aliphatic hydroxyl groups excluding tert-OH is 2. The minimum atomic E-state index is -1.36. The Morgan fingerprint density at radius 3 is 2.06 bits per heavy atom. The molecule has 0 aromatic heterocycles. The fraction of sp³-hybridized carbons (Fsp3) is 0.808. The van der Waals surface area contributed by atoms with Crippen molar-refractivity contribution in [3.05, 3.63) is 12.3 Å². The van der Waals surface area contributed by atoms with Crippen LogP contribution in [0.1, 0.15) is 103 Å². The largest absolute Gasteiger partial charge is 0.463 e. The molecule has 4 atom stereocenters. The molecule has 0 radical (unpaired) electrons. The summed E-state index contributed by atoms with van der Waals surface area (Å²) in [5.41, 5.74) is 0. The topological polar surface area (TPSA) is 113 Å². The minimum Gasteiger partial charge on any atom is -0.463 e. The van der Waals surface area contributed by atoms with Crippen LogP contribution in [0.2, 0.25) is 0 Å². The van der Waals surface area contributed by atoms with Crippen LogP contribution in [0.4, 0.5) is 0 Å². The number of esters is 1. The number of allylic oxidation sites excluding steroid dienone is 1. The van der Waals surface area contributed by atoms with E-state index in [1.54, 1.807) is 0 Å². The van der Waals surface area contributed by atoms with Crippen LogP contribution in [0.25, 0.3) is 0 Å². The van der Waals surface area contributed by atoms with E-state index in [2.05, 4.69) is 6.92 Å². The zero-order valence-electron chi connectivity index (χ0n) is 20.7. The Kier molecular flexibility index (Phi) is 13.4. The summed E-state index contributed by atoms with van der Waals surface area (Å²) in [5, 5.41) is 20.4. The first-order valence-corrected chi connectivity index (χ1v) is 13.1. The van der Waals surface area contributed by atoms with Gasteiger partial charge in [0.05, 0.1) is 6.42 Å². The molecule has 1 saturated heterocycles. The molecule has 8 heteroatoms. The summed E-state index contributed by atoms with van der Waals surface area (Å²) in [6.45, 7) is 2.04. The Hall–Kier alpha value is -1.77. The molecule has 0 spiro atoms. The van der Waals surface area contributed by atoms with Gasteiger partial charge >= 0.3 is 5.97 Å². The minimum absolute atomic E-state index is 0.198. The number of carbonyl (C=O) groups is 3. The third-order valence-corrected chi connectivity index (χ3v) is 6.54. The fourth-order valence-corrected chi connectivity index (χ4v) is 4.40. The molecule has 0 aromatic rings. The van der Waals surface area contributed by atoms with E-state index in [1.165, 1.54) is 76.5 Å². The predicted octanol–water partition coefficient (Wildman–Crippen LogP) is 3.77. The smallest absolute Gasteiger partial charge is 0.305 e. The average Bonchev–Trinajstić information content (AvgIpc) is 3.09. The van der Waals surface area contributed by atoms with Crippen LogP contribution >= 0.6 is 0 Å². The first-order chi connectivity index (χ1) is 16.4. The summed E-state index contributed by atoms with van der Waals surface area (Å²) in [6.07, 6.45) is 13.8. The normalized spacial score (nSPS) is 24.7. The summed E-state index contributed by atoms with van der Waals surface area (Å²) in [6, 6.07) is 0. The van der Waals surface area contributed by atoms with Gasteiger partial charge in [0, 0.05) is 12.6 Å². The lowest BCUT2D eigenvalue weighted by molar-refractivity contribution is -0.156. The zero-order valence-corrected chi connectivity index (χ0v) is 20.7. The number of ketones is 1. The maximum absolute atomic E-state index is 12.0. The molecule has 2 N–H and O–H groups in total. The van der Waals surface area contributed by atoms with E-state index >= 15 is 0 Å². The number of aliphatic hydroxyl groups is 2. The highest BCUT2D eigenvalue weighted by atomic mass is 16.6. The molecular weight excluding hydrogens is 438 g/mol. The van der Waals surface area contributed by atoms with Gasteiger partial charge in [-0.15, -0.1) is 0 Å². The summed E-state index contributed by atoms with van der Waals surface area (Å²) in [7, 11) is 0. The molecule has 1 fully saturated rings. The maximum Gasteiger partial charge on any atom is 0.305 e. The lowest BCUT2D eigenvalue weighted by Crippen LogP contribution is -2.46. The number of rotatable bonds is 17. The Balaban J connectivity index is 1.50. The van der Waals surface area contributed by atoms with Crippen molar-refractivity contribution in [3.63, 3.8) is 0 Å². The lowest BCUT2D eigenvalue weighted by Gasteiger charge is -2.28. The Morgan fingerprint density at radius 2 is 1.50 bits per heavy atom. The van der Waals surface area contributed by atoms with Gasteiger partial charge < -0.3 is 19.7 Å². The quantitative estimate of drug-likeness (QED) is 0.185. The Labute approximate surface area is 203 Å². The second-order valence-electron chi connectivity index (χ2n) is 9.48. The molecule has 8 nitrogen and oxygen atoms in total. The summed E-state index contributed by atoms with van der Waals surface area (Å²) < 4.78 is 10.8. The van der Waals surface area contributed by atoms with Gasteiger partial charge in [0.2, 0.25) is 5.91 Å². The number of amides is 1. The number of unbranched alkanes of at least 4 members (excludes halogenated alkanes) is 12. The van der Waals surface area contributed by atoms with E-state index in [0.29, 0.717) is 6.42 Å². The molecule has 2 aliphatic heterocycles. The second kappa shape index (κ2) is 16.0. The fourth-order valence-electron chi connectivity index (χ4n) is 4.40. The summed E-state index contributed by atoms with van der Waals surface area (Å²) in [5.74, 6) is -1.20. The number of hydrogen-bond donors (Lipinski definition) is 2. The SMILES string of the molecule is CCCCCCCCCCCCCCCC(=O)OC[C@H]1O[C@@H](N2C=CC(=O)CC2=O)[C@@H](O)[C@@H]1O.